The van der Waals surface area contributed by atoms with Gasteiger partial charge < -0.3 is 10.6 Å². The van der Waals surface area contributed by atoms with Crippen molar-refractivity contribution in [3.8, 4) is 6.07 Å². The summed E-state index contributed by atoms with van der Waals surface area (Å²) in [5.41, 5.74) is 4.14. The van der Waals surface area contributed by atoms with Crippen molar-refractivity contribution < 1.29 is 4.79 Å². The molecule has 0 aromatic heterocycles. The second-order valence-corrected chi connectivity index (χ2v) is 4.80. The molecule has 0 unspecified atom stereocenters. The third-order valence-electron chi connectivity index (χ3n) is 3.18. The fourth-order valence-electron chi connectivity index (χ4n) is 2.14. The molecular formula is C17H17N3O. The van der Waals surface area contributed by atoms with E-state index in [0.29, 0.717) is 12.1 Å². The lowest BCUT2D eigenvalue weighted by Crippen LogP contribution is -2.10. The topological polar surface area (TPSA) is 64.9 Å². The van der Waals surface area contributed by atoms with Crippen LogP contribution in [-0.2, 0) is 11.3 Å². The summed E-state index contributed by atoms with van der Waals surface area (Å²) < 4.78 is 0. The maximum Gasteiger partial charge on any atom is 0.221 e. The molecule has 0 atom stereocenters. The number of benzene rings is 2. The molecule has 0 bridgehead atoms. The summed E-state index contributed by atoms with van der Waals surface area (Å²) in [5, 5.41) is 15.3. The molecule has 2 aromatic carbocycles. The van der Waals surface area contributed by atoms with Crippen LogP contribution in [0.2, 0.25) is 0 Å². The quantitative estimate of drug-likeness (QED) is 0.901. The van der Waals surface area contributed by atoms with Gasteiger partial charge in [0.05, 0.1) is 11.3 Å². The summed E-state index contributed by atoms with van der Waals surface area (Å²) in [6, 6.07) is 15.5. The molecular weight excluding hydrogens is 262 g/mol. The Morgan fingerprint density at radius 3 is 2.57 bits per heavy atom. The third-order valence-corrected chi connectivity index (χ3v) is 3.18. The van der Waals surface area contributed by atoms with Crippen LogP contribution in [0.4, 0.5) is 11.4 Å². The molecule has 21 heavy (non-hydrogen) atoms. The Morgan fingerprint density at radius 1 is 1.14 bits per heavy atom. The van der Waals surface area contributed by atoms with Gasteiger partial charge in [-0.1, -0.05) is 30.3 Å². The first-order valence-electron chi connectivity index (χ1n) is 6.71. The molecule has 0 saturated carbocycles. The van der Waals surface area contributed by atoms with Crippen LogP contribution in [-0.4, -0.2) is 5.91 Å². The number of nitrogens with one attached hydrogen (secondary N) is 2. The van der Waals surface area contributed by atoms with Crippen molar-refractivity contribution in [1.29, 1.82) is 5.26 Å². The smallest absolute Gasteiger partial charge is 0.221 e. The normalized spacial score (nSPS) is 9.76. The molecule has 1 amide bonds. The molecule has 2 aromatic rings. The number of amides is 1. The summed E-state index contributed by atoms with van der Waals surface area (Å²) in [5.74, 6) is -0.101. The van der Waals surface area contributed by atoms with E-state index < -0.39 is 0 Å². The molecule has 106 valence electrons. The molecule has 4 heteroatoms. The van der Waals surface area contributed by atoms with E-state index in [4.69, 9.17) is 0 Å². The number of aryl methyl sites for hydroxylation is 1. The van der Waals surface area contributed by atoms with E-state index in [1.165, 1.54) is 6.92 Å². The largest absolute Gasteiger partial charge is 0.380 e. The Kier molecular flexibility index (Phi) is 4.57. The highest BCUT2D eigenvalue weighted by Gasteiger charge is 2.07. The van der Waals surface area contributed by atoms with Crippen molar-refractivity contribution in [1.82, 2.24) is 0 Å². The fraction of sp³-hybridized carbons (Fsp3) is 0.176. The number of rotatable bonds is 4. The van der Waals surface area contributed by atoms with Crippen LogP contribution in [0.5, 0.6) is 0 Å². The van der Waals surface area contributed by atoms with E-state index >= 15 is 0 Å². The molecule has 0 heterocycles. The molecule has 0 aliphatic rings. The zero-order chi connectivity index (χ0) is 15.2. The first-order chi connectivity index (χ1) is 10.1. The number of hydrogen-bond donors (Lipinski definition) is 2. The Balaban J connectivity index is 2.20. The van der Waals surface area contributed by atoms with E-state index in [-0.39, 0.29) is 5.91 Å². The van der Waals surface area contributed by atoms with Gasteiger partial charge in [-0.05, 0) is 30.2 Å². The number of para-hydroxylation sites is 1. The van der Waals surface area contributed by atoms with Gasteiger partial charge in [0.15, 0.2) is 0 Å². The zero-order valence-electron chi connectivity index (χ0n) is 12.1. The third kappa shape index (κ3) is 3.61. The van der Waals surface area contributed by atoms with Crippen LogP contribution < -0.4 is 10.6 Å². The van der Waals surface area contributed by atoms with Gasteiger partial charge in [-0.15, -0.1) is 0 Å². The van der Waals surface area contributed by atoms with Crippen molar-refractivity contribution in [2.24, 2.45) is 0 Å². The fourth-order valence-corrected chi connectivity index (χ4v) is 2.14. The van der Waals surface area contributed by atoms with Gasteiger partial charge in [0.25, 0.3) is 0 Å². The Morgan fingerprint density at radius 2 is 1.86 bits per heavy atom. The predicted octanol–water partition coefficient (Wildman–Crippen LogP) is 3.44. The SMILES string of the molecule is CC(=O)Nc1ccccc1CNc1cccc(C)c1C#N. The van der Waals surface area contributed by atoms with E-state index in [9.17, 15) is 10.1 Å². The van der Waals surface area contributed by atoms with Crippen LogP contribution in [0, 0.1) is 18.3 Å². The molecule has 2 N–H and O–H groups in total. The van der Waals surface area contributed by atoms with Crippen LogP contribution in [0.1, 0.15) is 23.6 Å². The van der Waals surface area contributed by atoms with Crippen LogP contribution in [0.25, 0.3) is 0 Å². The van der Waals surface area contributed by atoms with Gasteiger partial charge >= 0.3 is 0 Å². The maximum absolute atomic E-state index is 11.2. The van der Waals surface area contributed by atoms with Crippen molar-refractivity contribution in [3.63, 3.8) is 0 Å². The first kappa shape index (κ1) is 14.6. The Labute approximate surface area is 124 Å². The first-order valence-corrected chi connectivity index (χ1v) is 6.71. The average molecular weight is 279 g/mol. The summed E-state index contributed by atoms with van der Waals surface area (Å²) >= 11 is 0. The summed E-state index contributed by atoms with van der Waals surface area (Å²) in [4.78, 5) is 11.2. The second kappa shape index (κ2) is 6.58. The van der Waals surface area contributed by atoms with Gasteiger partial charge in [-0.25, -0.2) is 0 Å². The van der Waals surface area contributed by atoms with Gasteiger partial charge in [0, 0.05) is 19.2 Å². The molecule has 0 aliphatic carbocycles. The maximum atomic E-state index is 11.2. The molecule has 0 radical (unpaired) electrons. The highest BCUT2D eigenvalue weighted by atomic mass is 16.1. The molecule has 0 fully saturated rings. The number of nitriles is 1. The second-order valence-electron chi connectivity index (χ2n) is 4.80. The summed E-state index contributed by atoms with van der Waals surface area (Å²) in [7, 11) is 0. The standard InChI is InChI=1S/C17H17N3O/c1-12-6-5-9-17(15(12)10-18)19-11-14-7-3-4-8-16(14)20-13(2)21/h3-9,19H,11H2,1-2H3,(H,20,21). The monoisotopic (exact) mass is 279 g/mol. The van der Waals surface area contributed by atoms with E-state index in [0.717, 1.165) is 22.5 Å². The molecule has 4 nitrogen and oxygen atoms in total. The van der Waals surface area contributed by atoms with Crippen LogP contribution in [0.3, 0.4) is 0 Å². The van der Waals surface area contributed by atoms with Crippen molar-refractivity contribution in [2.75, 3.05) is 10.6 Å². The molecule has 2 rings (SSSR count). The molecule has 0 spiro atoms. The van der Waals surface area contributed by atoms with E-state index in [1.807, 2.05) is 49.4 Å². The minimum absolute atomic E-state index is 0.101. The van der Waals surface area contributed by atoms with Crippen molar-refractivity contribution >= 4 is 17.3 Å². The number of hydrogen-bond acceptors (Lipinski definition) is 3. The van der Waals surface area contributed by atoms with Crippen LogP contribution in [0.15, 0.2) is 42.5 Å². The number of nitrogens with zero attached hydrogens (tertiary/aromatic N) is 1. The average Bonchev–Trinajstić information content (AvgIpc) is 2.46. The summed E-state index contributed by atoms with van der Waals surface area (Å²) in [6.45, 7) is 3.93. The van der Waals surface area contributed by atoms with Crippen LogP contribution >= 0.6 is 0 Å². The zero-order valence-corrected chi connectivity index (χ0v) is 12.1. The number of anilines is 2. The van der Waals surface area contributed by atoms with Gasteiger partial charge in [0.2, 0.25) is 5.91 Å². The number of carbonyl (C=O) groups excluding carboxylic acids is 1. The highest BCUT2D eigenvalue weighted by Crippen LogP contribution is 2.21. The molecule has 0 saturated heterocycles. The van der Waals surface area contributed by atoms with Crippen molar-refractivity contribution in [2.45, 2.75) is 20.4 Å². The minimum atomic E-state index is -0.101. The molecule has 0 aliphatic heterocycles. The van der Waals surface area contributed by atoms with Gasteiger partial charge in [-0.3, -0.25) is 4.79 Å². The van der Waals surface area contributed by atoms with Gasteiger partial charge in [-0.2, -0.15) is 5.26 Å². The highest BCUT2D eigenvalue weighted by molar-refractivity contribution is 5.89. The van der Waals surface area contributed by atoms with E-state index in [1.54, 1.807) is 0 Å². The lowest BCUT2D eigenvalue weighted by molar-refractivity contribution is -0.114. The lowest BCUT2D eigenvalue weighted by atomic mass is 10.1. The lowest BCUT2D eigenvalue weighted by Gasteiger charge is -2.13. The predicted molar refractivity (Wildman–Crippen MR) is 84.0 cm³/mol. The van der Waals surface area contributed by atoms with E-state index in [2.05, 4.69) is 16.7 Å². The van der Waals surface area contributed by atoms with Gasteiger partial charge in [0.1, 0.15) is 6.07 Å². The minimum Gasteiger partial charge on any atom is -0.380 e. The Bertz CT molecular complexity index is 701. The van der Waals surface area contributed by atoms with Crippen molar-refractivity contribution in [3.05, 3.63) is 59.2 Å². The number of carbonyl (C=O) groups is 1. The Hall–Kier alpha value is -2.80. The summed E-state index contributed by atoms with van der Waals surface area (Å²) in [6.07, 6.45) is 0.